The van der Waals surface area contributed by atoms with Crippen molar-refractivity contribution in [3.8, 4) is 22.9 Å². The van der Waals surface area contributed by atoms with Crippen LogP contribution in [-0.2, 0) is 0 Å². The fraction of sp³-hybridized carbons (Fsp3) is 0.355. The van der Waals surface area contributed by atoms with Gasteiger partial charge in [0.05, 0.1) is 0 Å². The van der Waals surface area contributed by atoms with Gasteiger partial charge in [-0.2, -0.15) is 5.26 Å². The zero-order valence-electron chi connectivity index (χ0n) is 22.2. The van der Waals surface area contributed by atoms with Crippen molar-refractivity contribution in [2.75, 3.05) is 50.1 Å². The summed E-state index contributed by atoms with van der Waals surface area (Å²) < 4.78 is 16.9. The van der Waals surface area contributed by atoms with E-state index in [1.54, 1.807) is 18.2 Å². The molecule has 4 aromatic rings. The average molecular weight is 523 g/mol. The molecule has 0 spiro atoms. The van der Waals surface area contributed by atoms with Crippen LogP contribution in [0, 0.1) is 17.1 Å². The number of phenolic OH excluding ortho intramolecular Hbond substituents is 1. The number of aromatic nitrogens is 1. The minimum Gasteiger partial charge on any atom is -0.508 e. The Hall–Kier alpha value is -3.93. The van der Waals surface area contributed by atoms with Crippen molar-refractivity contribution in [1.82, 2.24) is 15.2 Å². The number of nitrogens with zero attached hydrogens (tertiary/aromatic N) is 5. The maximum Gasteiger partial charge on any atom is 0.149 e. The monoisotopic (exact) mass is 522 g/mol. The van der Waals surface area contributed by atoms with E-state index < -0.39 is 5.82 Å². The second-order valence-corrected chi connectivity index (χ2v) is 11.3. The van der Waals surface area contributed by atoms with Gasteiger partial charge in [-0.3, -0.25) is 0 Å². The van der Waals surface area contributed by atoms with Crippen LogP contribution in [0.15, 0.2) is 48.5 Å². The highest BCUT2D eigenvalue weighted by molar-refractivity contribution is 6.05. The minimum absolute atomic E-state index is 0.0764. The third-order valence-corrected chi connectivity index (χ3v) is 8.83. The van der Waals surface area contributed by atoms with Crippen molar-refractivity contribution in [2.24, 2.45) is 0 Å². The first-order valence-electron chi connectivity index (χ1n) is 13.6. The molecule has 4 heterocycles. The van der Waals surface area contributed by atoms with Gasteiger partial charge < -0.3 is 25.1 Å². The molecule has 2 bridgehead atoms. The molecule has 8 heteroatoms. The Morgan fingerprint density at radius 3 is 2.46 bits per heavy atom. The highest BCUT2D eigenvalue weighted by Crippen LogP contribution is 2.44. The number of hydrogen-bond acceptors (Lipinski definition) is 7. The Bertz CT molecular complexity index is 1640. The Kier molecular flexibility index (Phi) is 5.62. The van der Waals surface area contributed by atoms with Crippen molar-refractivity contribution >= 4 is 33.2 Å². The molecule has 0 amide bonds. The molecular formula is C31H31FN6O. The zero-order valence-corrected chi connectivity index (χ0v) is 22.2. The molecule has 3 aliphatic heterocycles. The number of nitrogens with one attached hydrogen (secondary N) is 1. The summed E-state index contributed by atoms with van der Waals surface area (Å²) in [5.41, 5.74) is 1.25. The largest absolute Gasteiger partial charge is 0.508 e. The van der Waals surface area contributed by atoms with Crippen LogP contribution in [0.5, 0.6) is 5.75 Å². The summed E-state index contributed by atoms with van der Waals surface area (Å²) in [6.45, 7) is 3.23. The van der Waals surface area contributed by atoms with E-state index in [2.05, 4.69) is 40.2 Å². The Morgan fingerprint density at radius 1 is 1.00 bits per heavy atom. The molecule has 3 aromatic carbocycles. The second-order valence-electron chi connectivity index (χ2n) is 11.3. The average Bonchev–Trinajstić information content (AvgIpc) is 3.14. The predicted molar refractivity (Wildman–Crippen MR) is 153 cm³/mol. The maximum absolute atomic E-state index is 16.9. The van der Waals surface area contributed by atoms with Crippen LogP contribution in [-0.4, -0.2) is 73.4 Å². The molecule has 0 saturated carbocycles. The topological polar surface area (TPSA) is 78.7 Å². The highest BCUT2D eigenvalue weighted by Gasteiger charge is 2.40. The summed E-state index contributed by atoms with van der Waals surface area (Å²) >= 11 is 0. The number of pyridine rings is 1. The quantitative estimate of drug-likeness (QED) is 0.410. The first kappa shape index (κ1) is 24.1. The number of nitriles is 1. The number of phenols is 1. The fourth-order valence-corrected chi connectivity index (χ4v) is 6.67. The number of halogens is 1. The molecule has 2 unspecified atom stereocenters. The van der Waals surface area contributed by atoms with Crippen molar-refractivity contribution in [1.29, 1.82) is 5.26 Å². The summed E-state index contributed by atoms with van der Waals surface area (Å²) in [7, 11) is 4.10. The molecule has 3 aliphatic rings. The van der Waals surface area contributed by atoms with Crippen LogP contribution < -0.4 is 15.1 Å². The molecule has 1 aromatic heterocycles. The molecule has 3 fully saturated rings. The summed E-state index contributed by atoms with van der Waals surface area (Å²) in [5.74, 6) is 0.963. The molecule has 39 heavy (non-hydrogen) atoms. The van der Waals surface area contributed by atoms with Crippen molar-refractivity contribution < 1.29 is 9.50 Å². The second kappa shape index (κ2) is 9.08. The summed E-state index contributed by atoms with van der Waals surface area (Å²) in [6, 6.07) is 17.9. The number of anilines is 2. The third kappa shape index (κ3) is 3.72. The first-order chi connectivity index (χ1) is 18.9. The van der Waals surface area contributed by atoms with Gasteiger partial charge in [-0.05, 0) is 61.5 Å². The van der Waals surface area contributed by atoms with E-state index in [0.717, 1.165) is 55.6 Å². The summed E-state index contributed by atoms with van der Waals surface area (Å²) in [4.78, 5) is 11.8. The predicted octanol–water partition coefficient (Wildman–Crippen LogP) is 4.46. The number of aromatic hydroxyl groups is 1. The maximum atomic E-state index is 16.9. The van der Waals surface area contributed by atoms with Crippen LogP contribution in [0.1, 0.15) is 18.4 Å². The van der Waals surface area contributed by atoms with E-state index >= 15 is 4.39 Å². The van der Waals surface area contributed by atoms with Gasteiger partial charge in [0.25, 0.3) is 0 Å². The molecule has 2 N–H and O–H groups in total. The molecule has 7 rings (SSSR count). The van der Waals surface area contributed by atoms with E-state index in [4.69, 9.17) is 4.98 Å². The molecule has 7 nitrogen and oxygen atoms in total. The normalized spacial score (nSPS) is 21.1. The van der Waals surface area contributed by atoms with E-state index in [9.17, 15) is 10.4 Å². The SMILES string of the molecule is CN(C)C1CN(c2nc(N3C4CCC3CNC4)c3ccc(-c4cc(O)cc5ccccc45)c(F)c3c2C#N)C1. The number of rotatable bonds is 4. The van der Waals surface area contributed by atoms with Gasteiger partial charge in [0, 0.05) is 60.6 Å². The van der Waals surface area contributed by atoms with E-state index in [-0.39, 0.29) is 11.3 Å². The number of benzene rings is 3. The highest BCUT2D eigenvalue weighted by atomic mass is 19.1. The number of piperazine rings is 1. The minimum atomic E-state index is -0.447. The van der Waals surface area contributed by atoms with Crippen molar-refractivity contribution in [3.63, 3.8) is 0 Å². The Morgan fingerprint density at radius 2 is 1.74 bits per heavy atom. The Balaban J connectivity index is 1.49. The van der Waals surface area contributed by atoms with Crippen LogP contribution in [0.3, 0.4) is 0 Å². The van der Waals surface area contributed by atoms with Gasteiger partial charge in [0.2, 0.25) is 0 Å². The van der Waals surface area contributed by atoms with Gasteiger partial charge in [-0.15, -0.1) is 0 Å². The summed E-state index contributed by atoms with van der Waals surface area (Å²) in [5, 5.41) is 27.1. The number of fused-ring (bicyclic) bond motifs is 4. The van der Waals surface area contributed by atoms with Gasteiger partial charge in [0.1, 0.15) is 34.8 Å². The third-order valence-electron chi connectivity index (χ3n) is 8.83. The molecular weight excluding hydrogens is 491 g/mol. The first-order valence-corrected chi connectivity index (χ1v) is 13.6. The molecule has 198 valence electrons. The molecule has 3 saturated heterocycles. The molecule has 2 atom stereocenters. The van der Waals surface area contributed by atoms with Crippen LogP contribution in [0.25, 0.3) is 32.7 Å². The standard InChI is InChI=1S/C31H31FN6O/c1-36(2)21-16-37(17-21)30-27(13-33)28-25(31(35-30)38-19-7-8-20(38)15-34-14-19)10-9-24(29(28)32)26-12-22(39)11-18-5-3-4-6-23(18)26/h3-6,9-12,19-21,34,39H,7-8,14-17H2,1-2H3. The smallest absolute Gasteiger partial charge is 0.149 e. The lowest BCUT2D eigenvalue weighted by molar-refractivity contribution is 0.246. The van der Waals surface area contributed by atoms with E-state index in [1.807, 2.05) is 30.3 Å². The Labute approximate surface area is 227 Å². The van der Waals surface area contributed by atoms with E-state index in [1.165, 1.54) is 0 Å². The fourth-order valence-electron chi connectivity index (χ4n) is 6.67. The van der Waals surface area contributed by atoms with Crippen LogP contribution in [0.4, 0.5) is 16.0 Å². The van der Waals surface area contributed by atoms with Gasteiger partial charge in [-0.1, -0.05) is 30.3 Å². The van der Waals surface area contributed by atoms with Crippen molar-refractivity contribution in [3.05, 3.63) is 59.9 Å². The number of hydrogen-bond donors (Lipinski definition) is 2. The number of likely N-dealkylation sites (N-methyl/N-ethyl adjacent to an activating group) is 1. The van der Waals surface area contributed by atoms with Crippen LogP contribution in [0.2, 0.25) is 0 Å². The molecule has 0 radical (unpaired) electrons. The van der Waals surface area contributed by atoms with E-state index in [0.29, 0.717) is 45.8 Å². The van der Waals surface area contributed by atoms with Gasteiger partial charge >= 0.3 is 0 Å². The molecule has 0 aliphatic carbocycles. The lowest BCUT2D eigenvalue weighted by Crippen LogP contribution is -2.58. The van der Waals surface area contributed by atoms with Gasteiger partial charge in [-0.25, -0.2) is 9.37 Å². The van der Waals surface area contributed by atoms with Gasteiger partial charge in [0.15, 0.2) is 0 Å². The lowest BCUT2D eigenvalue weighted by Gasteiger charge is -2.44. The zero-order chi connectivity index (χ0) is 26.8. The van der Waals surface area contributed by atoms with Crippen molar-refractivity contribution in [2.45, 2.75) is 31.0 Å². The summed E-state index contributed by atoms with van der Waals surface area (Å²) in [6.07, 6.45) is 2.14. The van der Waals surface area contributed by atoms with Crippen LogP contribution >= 0.6 is 0 Å². The lowest BCUT2D eigenvalue weighted by atomic mass is 9.93.